The van der Waals surface area contributed by atoms with Gasteiger partial charge in [-0.05, 0) is 41.8 Å². The number of nitrogens with zero attached hydrogens (tertiary/aromatic N) is 2. The first-order valence-electron chi connectivity index (χ1n) is 8.64. The minimum absolute atomic E-state index is 0.0728. The molecule has 0 fully saturated rings. The molecule has 0 bridgehead atoms. The predicted octanol–water partition coefficient (Wildman–Crippen LogP) is 4.30. The number of benzene rings is 2. The lowest BCUT2D eigenvalue weighted by Crippen LogP contribution is -2.35. The number of anilines is 2. The zero-order valence-corrected chi connectivity index (χ0v) is 14.5. The smallest absolute Gasteiger partial charge is 0.255 e. The molecule has 1 N–H and O–H groups in total. The second kappa shape index (κ2) is 7.15. The maximum atomic E-state index is 13.3. The zero-order chi connectivity index (χ0) is 18.8. The molecule has 2 heterocycles. The van der Waals surface area contributed by atoms with E-state index < -0.39 is 11.6 Å². The summed E-state index contributed by atoms with van der Waals surface area (Å²) < 4.78 is 26.3. The molecule has 4 rings (SSSR count). The zero-order valence-electron chi connectivity index (χ0n) is 14.5. The molecule has 1 aliphatic rings. The Morgan fingerprint density at radius 3 is 2.56 bits per heavy atom. The summed E-state index contributed by atoms with van der Waals surface area (Å²) in [5.41, 5.74) is 3.32. The van der Waals surface area contributed by atoms with E-state index in [1.54, 1.807) is 12.1 Å². The van der Waals surface area contributed by atoms with Crippen LogP contribution in [0.1, 0.15) is 21.5 Å². The van der Waals surface area contributed by atoms with E-state index >= 15 is 0 Å². The van der Waals surface area contributed by atoms with E-state index in [9.17, 15) is 13.6 Å². The molecule has 3 aromatic rings. The molecule has 6 heteroatoms. The Bertz CT molecular complexity index is 989. The SMILES string of the molecule is O=C(c1ccc(Nc2ccc(F)c(F)c2)nc1)N1CCc2ccccc2C1. The first-order valence-corrected chi connectivity index (χ1v) is 8.64. The fourth-order valence-corrected chi connectivity index (χ4v) is 3.17. The van der Waals surface area contributed by atoms with E-state index in [0.29, 0.717) is 30.2 Å². The Morgan fingerprint density at radius 2 is 1.81 bits per heavy atom. The minimum atomic E-state index is -0.933. The van der Waals surface area contributed by atoms with Crippen LogP contribution in [0.5, 0.6) is 0 Å². The number of pyridine rings is 1. The van der Waals surface area contributed by atoms with Gasteiger partial charge in [0, 0.05) is 31.0 Å². The molecule has 0 unspecified atom stereocenters. The van der Waals surface area contributed by atoms with Crippen molar-refractivity contribution < 1.29 is 13.6 Å². The number of rotatable bonds is 3. The molecule has 1 aromatic heterocycles. The van der Waals surface area contributed by atoms with Crippen LogP contribution in [0.25, 0.3) is 0 Å². The van der Waals surface area contributed by atoms with Crippen LogP contribution in [0.3, 0.4) is 0 Å². The van der Waals surface area contributed by atoms with Crippen molar-refractivity contribution in [1.82, 2.24) is 9.88 Å². The molecule has 0 radical (unpaired) electrons. The molecule has 0 atom stereocenters. The van der Waals surface area contributed by atoms with Gasteiger partial charge in [0.2, 0.25) is 0 Å². The van der Waals surface area contributed by atoms with Gasteiger partial charge in [-0.2, -0.15) is 0 Å². The summed E-state index contributed by atoms with van der Waals surface area (Å²) in [4.78, 5) is 18.8. The summed E-state index contributed by atoms with van der Waals surface area (Å²) in [5.74, 6) is -1.47. The highest BCUT2D eigenvalue weighted by atomic mass is 19.2. The van der Waals surface area contributed by atoms with Gasteiger partial charge in [-0.3, -0.25) is 4.79 Å². The van der Waals surface area contributed by atoms with Gasteiger partial charge in [-0.25, -0.2) is 13.8 Å². The minimum Gasteiger partial charge on any atom is -0.340 e. The number of carbonyl (C=O) groups excluding carboxylic acids is 1. The Labute approximate surface area is 155 Å². The van der Waals surface area contributed by atoms with E-state index in [4.69, 9.17) is 0 Å². The molecule has 0 spiro atoms. The first-order chi connectivity index (χ1) is 13.1. The third-order valence-electron chi connectivity index (χ3n) is 4.62. The number of hydrogen-bond donors (Lipinski definition) is 1. The maximum Gasteiger partial charge on any atom is 0.255 e. The molecule has 4 nitrogen and oxygen atoms in total. The van der Waals surface area contributed by atoms with Crippen LogP contribution in [0, 0.1) is 11.6 Å². The predicted molar refractivity (Wildman–Crippen MR) is 98.8 cm³/mol. The van der Waals surface area contributed by atoms with Crippen molar-refractivity contribution in [3.8, 4) is 0 Å². The highest BCUT2D eigenvalue weighted by molar-refractivity contribution is 5.94. The second-order valence-electron chi connectivity index (χ2n) is 6.43. The number of amides is 1. The average molecular weight is 365 g/mol. The van der Waals surface area contributed by atoms with Crippen molar-refractivity contribution in [3.63, 3.8) is 0 Å². The van der Waals surface area contributed by atoms with Gasteiger partial charge < -0.3 is 10.2 Å². The molecule has 2 aromatic carbocycles. The molecule has 1 aliphatic heterocycles. The van der Waals surface area contributed by atoms with E-state index in [2.05, 4.69) is 16.4 Å². The lowest BCUT2D eigenvalue weighted by molar-refractivity contribution is 0.0734. The largest absolute Gasteiger partial charge is 0.340 e. The summed E-state index contributed by atoms with van der Waals surface area (Å²) in [5, 5.41) is 2.89. The van der Waals surface area contributed by atoms with Gasteiger partial charge in [-0.1, -0.05) is 24.3 Å². The molecule has 0 aliphatic carbocycles. The first kappa shape index (κ1) is 17.1. The van der Waals surface area contributed by atoms with Crippen LogP contribution < -0.4 is 5.32 Å². The molecular formula is C21H17F2N3O. The summed E-state index contributed by atoms with van der Waals surface area (Å²) in [6, 6.07) is 15.0. The van der Waals surface area contributed by atoms with Crippen molar-refractivity contribution >= 4 is 17.4 Å². The molecular weight excluding hydrogens is 348 g/mol. The highest BCUT2D eigenvalue weighted by Gasteiger charge is 2.21. The number of carbonyl (C=O) groups is 1. The molecule has 136 valence electrons. The molecule has 0 saturated heterocycles. The van der Waals surface area contributed by atoms with Gasteiger partial charge in [0.05, 0.1) is 5.56 Å². The second-order valence-corrected chi connectivity index (χ2v) is 6.43. The highest BCUT2D eigenvalue weighted by Crippen LogP contribution is 2.21. The fourth-order valence-electron chi connectivity index (χ4n) is 3.17. The van der Waals surface area contributed by atoms with Crippen molar-refractivity contribution in [3.05, 3.63) is 89.1 Å². The third kappa shape index (κ3) is 3.65. The molecule has 1 amide bonds. The van der Waals surface area contributed by atoms with Crippen LogP contribution in [-0.4, -0.2) is 22.3 Å². The van der Waals surface area contributed by atoms with Gasteiger partial charge >= 0.3 is 0 Å². The van der Waals surface area contributed by atoms with Crippen LogP contribution in [-0.2, 0) is 13.0 Å². The van der Waals surface area contributed by atoms with Gasteiger partial charge in [0.25, 0.3) is 5.91 Å². The Kier molecular flexibility index (Phi) is 4.54. The normalized spacial score (nSPS) is 13.2. The number of aromatic nitrogens is 1. The van der Waals surface area contributed by atoms with Crippen molar-refractivity contribution in [2.45, 2.75) is 13.0 Å². The van der Waals surface area contributed by atoms with Crippen LogP contribution in [0.2, 0.25) is 0 Å². The van der Waals surface area contributed by atoms with Crippen molar-refractivity contribution in [2.24, 2.45) is 0 Å². The van der Waals surface area contributed by atoms with E-state index in [0.717, 1.165) is 18.6 Å². The lowest BCUT2D eigenvalue weighted by atomic mass is 9.99. The van der Waals surface area contributed by atoms with E-state index in [1.807, 2.05) is 23.1 Å². The summed E-state index contributed by atoms with van der Waals surface area (Å²) in [7, 11) is 0. The Balaban J connectivity index is 1.46. The van der Waals surface area contributed by atoms with E-state index in [1.165, 1.54) is 23.4 Å². The maximum absolute atomic E-state index is 13.3. The van der Waals surface area contributed by atoms with Crippen LogP contribution in [0.4, 0.5) is 20.3 Å². The molecule has 0 saturated carbocycles. The summed E-state index contributed by atoms with van der Waals surface area (Å²) in [6.07, 6.45) is 2.33. The standard InChI is InChI=1S/C21H17F2N3O/c22-18-7-6-17(11-19(18)23)25-20-8-5-15(12-24-20)21(27)26-10-9-14-3-1-2-4-16(14)13-26/h1-8,11-12H,9-10,13H2,(H,24,25). The van der Waals surface area contributed by atoms with Crippen molar-refractivity contribution in [2.75, 3.05) is 11.9 Å². The van der Waals surface area contributed by atoms with Gasteiger partial charge in [0.15, 0.2) is 11.6 Å². The van der Waals surface area contributed by atoms with Gasteiger partial charge in [0.1, 0.15) is 5.82 Å². The monoisotopic (exact) mass is 365 g/mol. The average Bonchev–Trinajstić information content (AvgIpc) is 2.70. The third-order valence-corrected chi connectivity index (χ3v) is 4.62. The number of fused-ring (bicyclic) bond motifs is 1. The van der Waals surface area contributed by atoms with Gasteiger partial charge in [-0.15, -0.1) is 0 Å². The number of hydrogen-bond acceptors (Lipinski definition) is 3. The summed E-state index contributed by atoms with van der Waals surface area (Å²) >= 11 is 0. The van der Waals surface area contributed by atoms with E-state index in [-0.39, 0.29) is 5.91 Å². The molecule has 27 heavy (non-hydrogen) atoms. The lowest BCUT2D eigenvalue weighted by Gasteiger charge is -2.28. The fraction of sp³-hybridized carbons (Fsp3) is 0.143. The Morgan fingerprint density at radius 1 is 1.00 bits per heavy atom. The Hall–Kier alpha value is -3.28. The van der Waals surface area contributed by atoms with Crippen molar-refractivity contribution in [1.29, 1.82) is 0 Å². The number of nitrogens with one attached hydrogen (secondary N) is 1. The quantitative estimate of drug-likeness (QED) is 0.753. The summed E-state index contributed by atoms with van der Waals surface area (Å²) in [6.45, 7) is 1.26. The number of halogens is 2. The van der Waals surface area contributed by atoms with Crippen LogP contribution >= 0.6 is 0 Å². The topological polar surface area (TPSA) is 45.2 Å². The van der Waals surface area contributed by atoms with Crippen LogP contribution in [0.15, 0.2) is 60.8 Å².